The van der Waals surface area contributed by atoms with Crippen LogP contribution in [0.5, 0.6) is 0 Å². The fraction of sp³-hybridized carbons (Fsp3) is 0.385. The molecule has 0 radical (unpaired) electrons. The summed E-state index contributed by atoms with van der Waals surface area (Å²) < 4.78 is 2.25. The van der Waals surface area contributed by atoms with Crippen LogP contribution in [0.25, 0.3) is 10.7 Å². The predicted octanol–water partition coefficient (Wildman–Crippen LogP) is 2.96. The number of allylic oxidation sites excluding steroid dienone is 2. The standard InChI is InChI=1S/C13H16N4S/c1-16(2)13-15-9-11(18-13)12-14-7-8-17(12)10-5-3-4-6-10/h3,5,7-10H,4,6H2,1-2H3. The van der Waals surface area contributed by atoms with Gasteiger partial charge < -0.3 is 9.47 Å². The maximum atomic E-state index is 4.48. The Labute approximate surface area is 111 Å². The summed E-state index contributed by atoms with van der Waals surface area (Å²) in [6.07, 6.45) is 12.7. The van der Waals surface area contributed by atoms with Crippen LogP contribution in [0.2, 0.25) is 0 Å². The first kappa shape index (κ1) is 11.5. The summed E-state index contributed by atoms with van der Waals surface area (Å²) in [5.74, 6) is 1.03. The van der Waals surface area contributed by atoms with Crippen LogP contribution in [-0.2, 0) is 0 Å². The summed E-state index contributed by atoms with van der Waals surface area (Å²) in [5.41, 5.74) is 0. The molecule has 0 saturated heterocycles. The molecule has 1 unspecified atom stereocenters. The highest BCUT2D eigenvalue weighted by Gasteiger charge is 2.17. The van der Waals surface area contributed by atoms with Crippen molar-refractivity contribution in [2.24, 2.45) is 0 Å². The third-order valence-electron chi connectivity index (χ3n) is 3.11. The molecule has 94 valence electrons. The fourth-order valence-electron chi connectivity index (χ4n) is 2.19. The summed E-state index contributed by atoms with van der Waals surface area (Å²) in [6.45, 7) is 0. The van der Waals surface area contributed by atoms with Gasteiger partial charge in [-0.1, -0.05) is 23.5 Å². The quantitative estimate of drug-likeness (QED) is 0.796. The number of imidazole rings is 1. The number of aromatic nitrogens is 3. The average molecular weight is 260 g/mol. The van der Waals surface area contributed by atoms with Crippen molar-refractivity contribution in [3.05, 3.63) is 30.7 Å². The maximum absolute atomic E-state index is 4.48. The highest BCUT2D eigenvalue weighted by Crippen LogP contribution is 2.33. The van der Waals surface area contributed by atoms with Gasteiger partial charge in [-0.25, -0.2) is 9.97 Å². The molecule has 0 spiro atoms. The number of nitrogens with zero attached hydrogens (tertiary/aromatic N) is 4. The lowest BCUT2D eigenvalue weighted by Crippen LogP contribution is -2.07. The second-order valence-corrected chi connectivity index (χ2v) is 5.64. The zero-order valence-electron chi connectivity index (χ0n) is 10.6. The summed E-state index contributed by atoms with van der Waals surface area (Å²) in [6, 6.07) is 0.451. The van der Waals surface area contributed by atoms with Gasteiger partial charge in [0.15, 0.2) is 11.0 Å². The molecule has 2 heterocycles. The van der Waals surface area contributed by atoms with E-state index in [4.69, 9.17) is 0 Å². The third kappa shape index (κ3) is 1.95. The topological polar surface area (TPSA) is 34.0 Å². The lowest BCUT2D eigenvalue weighted by atomic mass is 10.2. The van der Waals surface area contributed by atoms with E-state index in [1.165, 1.54) is 6.42 Å². The van der Waals surface area contributed by atoms with Crippen LogP contribution < -0.4 is 4.90 Å². The minimum atomic E-state index is 0.451. The first-order chi connectivity index (χ1) is 8.75. The molecule has 18 heavy (non-hydrogen) atoms. The van der Waals surface area contributed by atoms with Crippen molar-refractivity contribution < 1.29 is 0 Å². The van der Waals surface area contributed by atoms with E-state index < -0.39 is 0 Å². The van der Waals surface area contributed by atoms with E-state index in [2.05, 4.69) is 32.9 Å². The minimum absolute atomic E-state index is 0.451. The largest absolute Gasteiger partial charge is 0.354 e. The van der Waals surface area contributed by atoms with E-state index in [9.17, 15) is 0 Å². The molecule has 0 N–H and O–H groups in total. The van der Waals surface area contributed by atoms with E-state index in [-0.39, 0.29) is 0 Å². The molecule has 1 aliphatic carbocycles. The van der Waals surface area contributed by atoms with E-state index in [1.54, 1.807) is 11.3 Å². The number of hydrogen-bond donors (Lipinski definition) is 0. The molecule has 2 aromatic rings. The maximum Gasteiger partial charge on any atom is 0.185 e. The van der Waals surface area contributed by atoms with E-state index >= 15 is 0 Å². The normalized spacial score (nSPS) is 18.4. The first-order valence-corrected chi connectivity index (χ1v) is 6.90. The Kier molecular flexibility index (Phi) is 2.91. The number of thiazole rings is 1. The third-order valence-corrected chi connectivity index (χ3v) is 4.27. The fourth-order valence-corrected chi connectivity index (χ4v) is 3.03. The van der Waals surface area contributed by atoms with Crippen LogP contribution in [-0.4, -0.2) is 28.6 Å². The van der Waals surface area contributed by atoms with Crippen LogP contribution in [0.4, 0.5) is 5.13 Å². The van der Waals surface area contributed by atoms with Gasteiger partial charge in [-0.05, 0) is 12.8 Å². The average Bonchev–Trinajstić information content (AvgIpc) is 3.10. The van der Waals surface area contributed by atoms with Gasteiger partial charge in [0, 0.05) is 26.5 Å². The Morgan fingerprint density at radius 2 is 2.28 bits per heavy atom. The van der Waals surface area contributed by atoms with Gasteiger partial charge in [0.05, 0.1) is 17.1 Å². The van der Waals surface area contributed by atoms with Gasteiger partial charge in [-0.15, -0.1) is 0 Å². The van der Waals surface area contributed by atoms with Crippen LogP contribution in [0.15, 0.2) is 30.7 Å². The summed E-state index contributed by atoms with van der Waals surface area (Å²) in [4.78, 5) is 12.1. The van der Waals surface area contributed by atoms with Gasteiger partial charge >= 0.3 is 0 Å². The van der Waals surface area contributed by atoms with Gasteiger partial charge in [-0.3, -0.25) is 0 Å². The first-order valence-electron chi connectivity index (χ1n) is 6.09. The molecule has 4 nitrogen and oxygen atoms in total. The van der Waals surface area contributed by atoms with Crippen LogP contribution in [0, 0.1) is 0 Å². The Morgan fingerprint density at radius 3 is 2.94 bits per heavy atom. The summed E-state index contributed by atoms with van der Waals surface area (Å²) in [7, 11) is 4.02. The zero-order valence-corrected chi connectivity index (χ0v) is 11.4. The van der Waals surface area contributed by atoms with Crippen molar-refractivity contribution in [1.82, 2.24) is 14.5 Å². The van der Waals surface area contributed by atoms with Crippen molar-refractivity contribution in [3.63, 3.8) is 0 Å². The summed E-state index contributed by atoms with van der Waals surface area (Å²) in [5, 5.41) is 1.02. The Morgan fingerprint density at radius 1 is 1.39 bits per heavy atom. The van der Waals surface area contributed by atoms with Gasteiger partial charge in [0.2, 0.25) is 0 Å². The lowest BCUT2D eigenvalue weighted by Gasteiger charge is -2.12. The van der Waals surface area contributed by atoms with Gasteiger partial charge in [0.25, 0.3) is 0 Å². The molecular weight excluding hydrogens is 244 g/mol. The highest BCUT2D eigenvalue weighted by atomic mass is 32.1. The molecule has 0 fully saturated rings. The molecule has 0 saturated carbocycles. The van der Waals surface area contributed by atoms with E-state index in [0.29, 0.717) is 6.04 Å². The van der Waals surface area contributed by atoms with Crippen LogP contribution in [0.3, 0.4) is 0 Å². The molecule has 0 aromatic carbocycles. The lowest BCUT2D eigenvalue weighted by molar-refractivity contribution is 0.597. The van der Waals surface area contributed by atoms with Crippen molar-refractivity contribution in [2.75, 3.05) is 19.0 Å². The van der Waals surface area contributed by atoms with Crippen LogP contribution in [0.1, 0.15) is 18.9 Å². The number of rotatable bonds is 3. The smallest absolute Gasteiger partial charge is 0.185 e. The van der Waals surface area contributed by atoms with E-state index in [0.717, 1.165) is 22.3 Å². The molecule has 1 atom stereocenters. The summed E-state index contributed by atoms with van der Waals surface area (Å²) >= 11 is 1.68. The molecule has 0 bridgehead atoms. The molecule has 0 aliphatic heterocycles. The van der Waals surface area contributed by atoms with Gasteiger partial charge in [-0.2, -0.15) is 0 Å². The molecule has 0 amide bonds. The molecule has 3 rings (SSSR count). The minimum Gasteiger partial charge on any atom is -0.354 e. The second-order valence-electron chi connectivity index (χ2n) is 4.63. The highest BCUT2D eigenvalue weighted by molar-refractivity contribution is 7.18. The second kappa shape index (κ2) is 4.57. The predicted molar refractivity (Wildman–Crippen MR) is 75.1 cm³/mol. The van der Waals surface area contributed by atoms with Crippen molar-refractivity contribution >= 4 is 16.5 Å². The monoisotopic (exact) mass is 260 g/mol. The Hall–Kier alpha value is -1.62. The Bertz CT molecular complexity index is 567. The molecule has 2 aromatic heterocycles. The zero-order chi connectivity index (χ0) is 12.5. The molecule has 5 heteroatoms. The van der Waals surface area contributed by atoms with Crippen molar-refractivity contribution in [2.45, 2.75) is 18.9 Å². The number of anilines is 1. The molecular formula is C13H16N4S. The van der Waals surface area contributed by atoms with Crippen molar-refractivity contribution in [1.29, 1.82) is 0 Å². The van der Waals surface area contributed by atoms with Crippen LogP contribution >= 0.6 is 11.3 Å². The van der Waals surface area contributed by atoms with E-state index in [1.807, 2.05) is 31.4 Å². The molecule has 1 aliphatic rings. The number of hydrogen-bond acceptors (Lipinski definition) is 4. The van der Waals surface area contributed by atoms with Gasteiger partial charge in [0.1, 0.15) is 0 Å². The SMILES string of the molecule is CN(C)c1ncc(-c2nccn2C2C=CCC2)s1. The van der Waals surface area contributed by atoms with Crippen molar-refractivity contribution in [3.8, 4) is 10.7 Å². The Balaban J connectivity index is 1.96.